The van der Waals surface area contributed by atoms with Gasteiger partial charge in [-0.1, -0.05) is 12.1 Å². The quantitative estimate of drug-likeness (QED) is 0.793. The van der Waals surface area contributed by atoms with Crippen molar-refractivity contribution < 1.29 is 14.6 Å². The number of methoxy groups -OCH3 is 1. The maximum Gasteiger partial charge on any atom is 0.356 e. The number of aromatic carboxylic acids is 1. The molecule has 0 radical (unpaired) electrons. The van der Waals surface area contributed by atoms with E-state index in [0.29, 0.717) is 5.65 Å². The Labute approximate surface area is 115 Å². The van der Waals surface area contributed by atoms with Gasteiger partial charge in [-0.25, -0.2) is 9.78 Å². The normalized spacial score (nSPS) is 10.7. The first-order chi connectivity index (χ1) is 9.67. The third-order valence-corrected chi connectivity index (χ3v) is 3.07. The fourth-order valence-corrected chi connectivity index (χ4v) is 2.07. The zero-order valence-corrected chi connectivity index (χ0v) is 10.8. The van der Waals surface area contributed by atoms with Gasteiger partial charge in [0.1, 0.15) is 11.4 Å². The second-order valence-electron chi connectivity index (χ2n) is 4.35. The van der Waals surface area contributed by atoms with Gasteiger partial charge in [0.15, 0.2) is 5.69 Å². The van der Waals surface area contributed by atoms with E-state index in [1.165, 1.54) is 6.20 Å². The lowest BCUT2D eigenvalue weighted by atomic mass is 10.1. The molecule has 2 heterocycles. The van der Waals surface area contributed by atoms with E-state index in [1.54, 1.807) is 17.6 Å². The van der Waals surface area contributed by atoms with Gasteiger partial charge in [-0.15, -0.1) is 0 Å². The summed E-state index contributed by atoms with van der Waals surface area (Å²) in [6.45, 7) is 0. The number of hydrogen-bond acceptors (Lipinski definition) is 3. The van der Waals surface area contributed by atoms with Gasteiger partial charge in [-0.05, 0) is 35.4 Å². The van der Waals surface area contributed by atoms with E-state index in [1.807, 2.05) is 36.5 Å². The Morgan fingerprint density at radius 3 is 2.80 bits per heavy atom. The Kier molecular flexibility index (Phi) is 2.87. The number of pyridine rings is 1. The van der Waals surface area contributed by atoms with Crippen molar-refractivity contribution in [3.05, 3.63) is 54.5 Å². The molecule has 0 fully saturated rings. The lowest BCUT2D eigenvalue weighted by molar-refractivity contribution is 0.0691. The molecule has 20 heavy (non-hydrogen) atoms. The van der Waals surface area contributed by atoms with Gasteiger partial charge in [-0.2, -0.15) is 0 Å². The second-order valence-corrected chi connectivity index (χ2v) is 4.35. The van der Waals surface area contributed by atoms with E-state index in [4.69, 9.17) is 9.84 Å². The highest BCUT2D eigenvalue weighted by Gasteiger charge is 2.09. The number of rotatable bonds is 3. The third kappa shape index (κ3) is 2.09. The van der Waals surface area contributed by atoms with Crippen molar-refractivity contribution in [2.24, 2.45) is 0 Å². The summed E-state index contributed by atoms with van der Waals surface area (Å²) in [4.78, 5) is 14.9. The fraction of sp³-hybridized carbons (Fsp3) is 0.0667. The van der Waals surface area contributed by atoms with E-state index in [0.717, 1.165) is 16.9 Å². The van der Waals surface area contributed by atoms with Crippen LogP contribution in [0.5, 0.6) is 5.75 Å². The highest BCUT2D eigenvalue weighted by Crippen LogP contribution is 2.24. The SMILES string of the molecule is COc1cccc(-c2ccc3nc(C(=O)O)cn3c2)c1. The zero-order chi connectivity index (χ0) is 14.1. The van der Waals surface area contributed by atoms with Gasteiger partial charge >= 0.3 is 5.97 Å². The monoisotopic (exact) mass is 268 g/mol. The molecule has 3 rings (SSSR count). The Morgan fingerprint density at radius 1 is 1.20 bits per heavy atom. The predicted molar refractivity (Wildman–Crippen MR) is 74.1 cm³/mol. The molecule has 1 aromatic carbocycles. The summed E-state index contributed by atoms with van der Waals surface area (Å²) in [5.41, 5.74) is 2.60. The number of carbonyl (C=O) groups is 1. The summed E-state index contributed by atoms with van der Waals surface area (Å²) in [5.74, 6) is -0.254. The maximum atomic E-state index is 10.9. The van der Waals surface area contributed by atoms with E-state index in [9.17, 15) is 4.79 Å². The van der Waals surface area contributed by atoms with E-state index in [-0.39, 0.29) is 5.69 Å². The summed E-state index contributed by atoms with van der Waals surface area (Å²) in [5, 5.41) is 8.95. The number of fused-ring (bicyclic) bond motifs is 1. The predicted octanol–water partition coefficient (Wildman–Crippen LogP) is 2.71. The molecule has 3 aromatic rings. The summed E-state index contributed by atoms with van der Waals surface area (Å²) < 4.78 is 6.91. The number of aromatic nitrogens is 2. The van der Waals surface area contributed by atoms with E-state index >= 15 is 0 Å². The molecule has 1 N–H and O–H groups in total. The molecule has 0 atom stereocenters. The first kappa shape index (κ1) is 12.2. The smallest absolute Gasteiger partial charge is 0.356 e. The van der Waals surface area contributed by atoms with Crippen molar-refractivity contribution in [3.8, 4) is 16.9 Å². The van der Waals surface area contributed by atoms with Crippen LogP contribution in [-0.4, -0.2) is 27.6 Å². The van der Waals surface area contributed by atoms with Gasteiger partial charge in [0.2, 0.25) is 0 Å². The number of ether oxygens (including phenoxy) is 1. The summed E-state index contributed by atoms with van der Waals surface area (Å²) in [7, 11) is 1.62. The van der Waals surface area contributed by atoms with Crippen molar-refractivity contribution in [2.75, 3.05) is 7.11 Å². The molecule has 100 valence electrons. The summed E-state index contributed by atoms with van der Waals surface area (Å²) in [6, 6.07) is 11.4. The van der Waals surface area contributed by atoms with Crippen LogP contribution in [0.3, 0.4) is 0 Å². The highest BCUT2D eigenvalue weighted by atomic mass is 16.5. The molecule has 0 aliphatic rings. The number of benzene rings is 1. The minimum atomic E-state index is -1.03. The molecule has 0 spiro atoms. The highest BCUT2D eigenvalue weighted by molar-refractivity contribution is 5.86. The van der Waals surface area contributed by atoms with Crippen molar-refractivity contribution in [3.63, 3.8) is 0 Å². The van der Waals surface area contributed by atoms with Crippen molar-refractivity contribution in [1.82, 2.24) is 9.38 Å². The van der Waals surface area contributed by atoms with Crippen LogP contribution in [-0.2, 0) is 0 Å². The number of carboxylic acids is 1. The Balaban J connectivity index is 2.09. The molecule has 0 amide bonds. The van der Waals surface area contributed by atoms with Crippen molar-refractivity contribution in [2.45, 2.75) is 0 Å². The van der Waals surface area contributed by atoms with Gasteiger partial charge in [0.25, 0.3) is 0 Å². The van der Waals surface area contributed by atoms with Crippen LogP contribution in [0.1, 0.15) is 10.5 Å². The molecular formula is C15H12N2O3. The summed E-state index contributed by atoms with van der Waals surface area (Å²) in [6.07, 6.45) is 3.35. The topological polar surface area (TPSA) is 63.8 Å². The number of hydrogen-bond donors (Lipinski definition) is 1. The molecule has 0 unspecified atom stereocenters. The van der Waals surface area contributed by atoms with Gasteiger partial charge in [-0.3, -0.25) is 0 Å². The minimum Gasteiger partial charge on any atom is -0.497 e. The van der Waals surface area contributed by atoms with Crippen LogP contribution in [0.25, 0.3) is 16.8 Å². The van der Waals surface area contributed by atoms with Crippen LogP contribution in [0.15, 0.2) is 48.8 Å². The van der Waals surface area contributed by atoms with Crippen LogP contribution in [0, 0.1) is 0 Å². The maximum absolute atomic E-state index is 10.9. The molecule has 2 aromatic heterocycles. The average Bonchev–Trinajstić information content (AvgIpc) is 2.90. The molecule has 0 saturated heterocycles. The third-order valence-electron chi connectivity index (χ3n) is 3.07. The first-order valence-corrected chi connectivity index (χ1v) is 6.04. The van der Waals surface area contributed by atoms with Crippen LogP contribution >= 0.6 is 0 Å². The Hall–Kier alpha value is -2.82. The molecule has 0 bridgehead atoms. The fourth-order valence-electron chi connectivity index (χ4n) is 2.07. The second kappa shape index (κ2) is 4.70. The number of imidazole rings is 1. The van der Waals surface area contributed by atoms with Gasteiger partial charge < -0.3 is 14.2 Å². The largest absolute Gasteiger partial charge is 0.497 e. The molecule has 5 nitrogen and oxygen atoms in total. The average molecular weight is 268 g/mol. The van der Waals surface area contributed by atoms with Gasteiger partial charge in [0, 0.05) is 12.4 Å². The minimum absolute atomic E-state index is 0.0350. The van der Waals surface area contributed by atoms with Crippen molar-refractivity contribution in [1.29, 1.82) is 0 Å². The van der Waals surface area contributed by atoms with E-state index in [2.05, 4.69) is 4.98 Å². The first-order valence-electron chi connectivity index (χ1n) is 6.04. The van der Waals surface area contributed by atoms with Crippen LogP contribution in [0.2, 0.25) is 0 Å². The lowest BCUT2D eigenvalue weighted by Gasteiger charge is -2.05. The molecule has 0 aliphatic heterocycles. The van der Waals surface area contributed by atoms with Crippen LogP contribution < -0.4 is 4.74 Å². The molecular weight excluding hydrogens is 256 g/mol. The molecule has 0 saturated carbocycles. The Morgan fingerprint density at radius 2 is 2.05 bits per heavy atom. The Bertz CT molecular complexity index is 793. The van der Waals surface area contributed by atoms with E-state index < -0.39 is 5.97 Å². The van der Waals surface area contributed by atoms with Crippen LogP contribution in [0.4, 0.5) is 0 Å². The number of nitrogens with zero attached hydrogens (tertiary/aromatic N) is 2. The number of carboxylic acid groups (broad SMARTS) is 1. The zero-order valence-electron chi connectivity index (χ0n) is 10.8. The van der Waals surface area contributed by atoms with Crippen molar-refractivity contribution >= 4 is 11.6 Å². The standard InChI is InChI=1S/C15H12N2O3/c1-20-12-4-2-3-10(7-12)11-5-6-14-16-13(15(18)19)9-17(14)8-11/h2-9H,1H3,(H,18,19). The summed E-state index contributed by atoms with van der Waals surface area (Å²) >= 11 is 0. The van der Waals surface area contributed by atoms with Gasteiger partial charge in [0.05, 0.1) is 7.11 Å². The molecule has 0 aliphatic carbocycles. The molecule has 5 heteroatoms. The lowest BCUT2D eigenvalue weighted by Crippen LogP contribution is -1.94.